The number of thiazole rings is 1. The fraction of sp³-hybridized carbons (Fsp3) is 0.438. The van der Waals surface area contributed by atoms with Crippen LogP contribution in [0.2, 0.25) is 0 Å². The van der Waals surface area contributed by atoms with Crippen molar-refractivity contribution in [1.29, 1.82) is 0 Å². The van der Waals surface area contributed by atoms with E-state index in [4.69, 9.17) is 4.74 Å². The molecule has 1 aromatic heterocycles. The summed E-state index contributed by atoms with van der Waals surface area (Å²) in [5.74, 6) is -1.19. The molecule has 0 radical (unpaired) electrons. The SMILES string of the molecule is CCOC(=O)c1ccc(N2C(=O)C3C4CC(C3C2=O)C2C4Sc3[nH]c(=O)sc3[C@@H]2c2ccc(N(CC)CC)cc2)cc1. The summed E-state index contributed by atoms with van der Waals surface area (Å²) in [5, 5.41) is 1.06. The van der Waals surface area contributed by atoms with E-state index in [1.165, 1.54) is 21.9 Å². The number of hydrogen-bond donors (Lipinski definition) is 1. The number of esters is 1. The number of fused-ring (bicyclic) bond motifs is 9. The number of nitrogens with one attached hydrogen (secondary N) is 1. The van der Waals surface area contributed by atoms with Gasteiger partial charge in [-0.3, -0.25) is 19.3 Å². The lowest BCUT2D eigenvalue weighted by atomic mass is 9.68. The molecule has 218 valence electrons. The van der Waals surface area contributed by atoms with Gasteiger partial charge in [0.15, 0.2) is 0 Å². The lowest BCUT2D eigenvalue weighted by Crippen LogP contribution is -2.42. The van der Waals surface area contributed by atoms with Crippen molar-refractivity contribution in [3.63, 3.8) is 0 Å². The third-order valence-corrected chi connectivity index (χ3v) is 12.3. The number of rotatable bonds is 7. The number of thioether (sulfide) groups is 1. The van der Waals surface area contributed by atoms with Gasteiger partial charge in [0.25, 0.3) is 0 Å². The summed E-state index contributed by atoms with van der Waals surface area (Å²) in [4.78, 5) is 60.3. The zero-order valence-electron chi connectivity index (χ0n) is 23.7. The van der Waals surface area contributed by atoms with Crippen LogP contribution in [0.4, 0.5) is 11.4 Å². The minimum absolute atomic E-state index is 0.00211. The van der Waals surface area contributed by atoms with Crippen molar-refractivity contribution in [2.75, 3.05) is 29.5 Å². The fourth-order valence-electron chi connectivity index (χ4n) is 8.09. The maximum absolute atomic E-state index is 14.0. The summed E-state index contributed by atoms with van der Waals surface area (Å²) in [6, 6.07) is 15.2. The second-order valence-corrected chi connectivity index (χ2v) is 13.7. The number of nitrogens with zero attached hydrogens (tertiary/aromatic N) is 2. The van der Waals surface area contributed by atoms with Crippen molar-refractivity contribution in [1.82, 2.24) is 4.98 Å². The second-order valence-electron chi connectivity index (χ2n) is 11.5. The summed E-state index contributed by atoms with van der Waals surface area (Å²) in [6.45, 7) is 8.17. The molecule has 6 unspecified atom stereocenters. The Balaban J connectivity index is 1.23. The van der Waals surface area contributed by atoms with Crippen LogP contribution >= 0.6 is 23.1 Å². The highest BCUT2D eigenvalue weighted by atomic mass is 32.2. The van der Waals surface area contributed by atoms with Crippen LogP contribution in [0.25, 0.3) is 0 Å². The summed E-state index contributed by atoms with van der Waals surface area (Å²) in [7, 11) is 0. The minimum atomic E-state index is -0.430. The Morgan fingerprint density at radius 1 is 0.952 bits per heavy atom. The van der Waals surface area contributed by atoms with Gasteiger partial charge in [-0.2, -0.15) is 0 Å². The second kappa shape index (κ2) is 10.4. The Morgan fingerprint density at radius 2 is 1.62 bits per heavy atom. The Bertz CT molecular complexity index is 1610. The molecule has 7 atom stereocenters. The van der Waals surface area contributed by atoms with Gasteiger partial charge in [-0.05, 0) is 86.9 Å². The molecule has 8 nitrogen and oxygen atoms in total. The van der Waals surface area contributed by atoms with E-state index in [0.29, 0.717) is 11.3 Å². The third-order valence-electron chi connectivity index (χ3n) is 9.74. The van der Waals surface area contributed by atoms with Gasteiger partial charge in [0.2, 0.25) is 11.8 Å². The number of carbonyl (C=O) groups excluding carboxylic acids is 3. The number of anilines is 2. The fourth-order valence-corrected chi connectivity index (χ4v) is 11.0. The Hall–Kier alpha value is -3.37. The van der Waals surface area contributed by atoms with Crippen LogP contribution in [0.5, 0.6) is 0 Å². The van der Waals surface area contributed by atoms with Gasteiger partial charge in [0, 0.05) is 34.8 Å². The summed E-state index contributed by atoms with van der Waals surface area (Å²) >= 11 is 2.98. The number of carbonyl (C=O) groups is 3. The number of aromatic amines is 1. The van der Waals surface area contributed by atoms with Gasteiger partial charge < -0.3 is 14.6 Å². The first kappa shape index (κ1) is 27.5. The lowest BCUT2D eigenvalue weighted by Gasteiger charge is -2.43. The van der Waals surface area contributed by atoms with E-state index in [0.717, 1.165) is 35.0 Å². The maximum atomic E-state index is 14.0. The van der Waals surface area contributed by atoms with E-state index in [1.807, 2.05) is 0 Å². The topological polar surface area (TPSA) is 99.8 Å². The number of ether oxygens (including phenoxy) is 1. The highest BCUT2D eigenvalue weighted by molar-refractivity contribution is 8.00. The molecule has 3 aromatic rings. The molecular weight excluding hydrogens is 571 g/mol. The van der Waals surface area contributed by atoms with Gasteiger partial charge >= 0.3 is 10.8 Å². The van der Waals surface area contributed by atoms with Crippen LogP contribution in [-0.2, 0) is 14.3 Å². The van der Waals surface area contributed by atoms with E-state index in [9.17, 15) is 19.2 Å². The van der Waals surface area contributed by atoms with Gasteiger partial charge in [-0.1, -0.05) is 23.5 Å². The van der Waals surface area contributed by atoms with Crippen LogP contribution in [0.1, 0.15) is 53.9 Å². The van der Waals surface area contributed by atoms with E-state index in [1.54, 1.807) is 43.0 Å². The molecule has 2 saturated carbocycles. The molecule has 3 fully saturated rings. The molecule has 4 aliphatic rings. The minimum Gasteiger partial charge on any atom is -0.462 e. The molecule has 1 saturated heterocycles. The zero-order valence-corrected chi connectivity index (χ0v) is 25.4. The number of amides is 2. The Kier molecular flexibility index (Phi) is 6.81. The van der Waals surface area contributed by atoms with Crippen molar-refractivity contribution in [2.45, 2.75) is 43.4 Å². The van der Waals surface area contributed by atoms with E-state index < -0.39 is 5.97 Å². The number of benzene rings is 2. The monoisotopic (exact) mass is 603 g/mol. The molecule has 1 N–H and O–H groups in total. The smallest absolute Gasteiger partial charge is 0.338 e. The average Bonchev–Trinajstić information content (AvgIpc) is 3.73. The van der Waals surface area contributed by atoms with Crippen LogP contribution in [0, 0.1) is 29.6 Å². The third kappa shape index (κ3) is 4.01. The molecule has 3 heterocycles. The molecular formula is C32H33N3O5S2. The Morgan fingerprint density at radius 3 is 2.26 bits per heavy atom. The average molecular weight is 604 g/mol. The molecule has 42 heavy (non-hydrogen) atoms. The molecule has 2 bridgehead atoms. The molecule has 2 amide bonds. The van der Waals surface area contributed by atoms with Crippen molar-refractivity contribution >= 4 is 52.3 Å². The predicted molar refractivity (Wildman–Crippen MR) is 163 cm³/mol. The van der Waals surface area contributed by atoms with E-state index in [2.05, 4.69) is 48.0 Å². The number of hydrogen-bond acceptors (Lipinski definition) is 8. The predicted octanol–water partition coefficient (Wildman–Crippen LogP) is 5.14. The largest absolute Gasteiger partial charge is 0.462 e. The zero-order chi connectivity index (χ0) is 29.3. The molecule has 2 aliphatic heterocycles. The molecule has 7 rings (SSSR count). The van der Waals surface area contributed by atoms with Crippen molar-refractivity contribution in [3.8, 4) is 0 Å². The van der Waals surface area contributed by atoms with Crippen LogP contribution in [0.15, 0.2) is 58.4 Å². The van der Waals surface area contributed by atoms with Crippen molar-refractivity contribution in [2.24, 2.45) is 29.6 Å². The van der Waals surface area contributed by atoms with Gasteiger partial charge in [0.1, 0.15) is 0 Å². The standard InChI is InChI=1S/C32H33N3O5S2/c1-4-34(5-2)18-11-7-16(8-12-18)22-23-20-15-21(26(23)41-28-27(22)42-32(39)33-28)25-24(20)29(36)35(30(25)37)19-13-9-17(10-14-19)31(38)40-6-3/h7-14,20-26H,4-6,15H2,1-3H3,(H,33,39)/t20?,21?,22-,23?,24?,25?,26?/m1/s1. The first-order valence-electron chi connectivity index (χ1n) is 14.8. The van der Waals surface area contributed by atoms with Crippen molar-refractivity contribution < 1.29 is 19.1 Å². The first-order chi connectivity index (χ1) is 20.4. The van der Waals surface area contributed by atoms with Crippen LogP contribution in [0.3, 0.4) is 0 Å². The van der Waals surface area contributed by atoms with Gasteiger partial charge in [0.05, 0.1) is 34.7 Å². The summed E-state index contributed by atoms with van der Waals surface area (Å²) in [5.41, 5.74) is 3.21. The number of aromatic nitrogens is 1. The molecule has 10 heteroatoms. The van der Waals surface area contributed by atoms with Crippen LogP contribution in [-0.4, -0.2) is 47.7 Å². The lowest BCUT2D eigenvalue weighted by molar-refractivity contribution is -0.123. The first-order valence-corrected chi connectivity index (χ1v) is 16.4. The Labute approximate surface area is 252 Å². The number of imide groups is 1. The number of H-pyrrole nitrogens is 1. The molecule has 2 aromatic carbocycles. The summed E-state index contributed by atoms with van der Waals surface area (Å²) < 4.78 is 5.08. The molecule has 2 aliphatic carbocycles. The highest BCUT2D eigenvalue weighted by Crippen LogP contribution is 2.68. The quantitative estimate of drug-likeness (QED) is 0.295. The normalized spacial score (nSPS) is 28.9. The van der Waals surface area contributed by atoms with E-state index in [-0.39, 0.29) is 64.1 Å². The highest BCUT2D eigenvalue weighted by Gasteiger charge is 2.69. The van der Waals surface area contributed by atoms with Crippen molar-refractivity contribution in [3.05, 3.63) is 74.2 Å². The molecule has 0 spiro atoms. The maximum Gasteiger partial charge on any atom is 0.338 e. The van der Waals surface area contributed by atoms with Gasteiger partial charge in [-0.25, -0.2) is 4.79 Å². The van der Waals surface area contributed by atoms with Gasteiger partial charge in [-0.15, -0.1) is 11.8 Å². The summed E-state index contributed by atoms with van der Waals surface area (Å²) in [6.07, 6.45) is 0.845. The van der Waals surface area contributed by atoms with Crippen LogP contribution < -0.4 is 14.7 Å². The van der Waals surface area contributed by atoms with E-state index >= 15 is 0 Å².